The highest BCUT2D eigenvalue weighted by Crippen LogP contribution is 2.35. The van der Waals surface area contributed by atoms with Gasteiger partial charge in [-0.25, -0.2) is 0 Å². The molecule has 1 heterocycles. The molecule has 142 valence electrons. The van der Waals surface area contributed by atoms with Gasteiger partial charge in [-0.2, -0.15) is 0 Å². The van der Waals surface area contributed by atoms with Gasteiger partial charge in [-0.3, -0.25) is 19.2 Å². The van der Waals surface area contributed by atoms with E-state index in [1.54, 1.807) is 0 Å². The topological polar surface area (TPSA) is 114 Å². The molecule has 1 saturated heterocycles. The van der Waals surface area contributed by atoms with Crippen LogP contribution >= 0.6 is 11.8 Å². The van der Waals surface area contributed by atoms with Crippen molar-refractivity contribution in [1.82, 2.24) is 0 Å². The Labute approximate surface area is 149 Å². The average molecular weight is 378 g/mol. The van der Waals surface area contributed by atoms with E-state index in [9.17, 15) is 19.2 Å². The largest absolute Gasteiger partial charge is 0.463 e. The molecule has 0 spiro atoms. The third-order valence-corrected chi connectivity index (χ3v) is 4.32. The Hall–Kier alpha value is -1.65. The number of esters is 3. The fraction of sp³-hybridized carbons (Fsp3) is 0.733. The minimum absolute atomic E-state index is 0.213. The van der Waals surface area contributed by atoms with Gasteiger partial charge in [0.05, 0.1) is 5.25 Å². The predicted octanol–water partition coefficient (Wildman–Crippen LogP) is 0.433. The van der Waals surface area contributed by atoms with Crippen LogP contribution in [0.1, 0.15) is 27.7 Å². The first-order valence-corrected chi connectivity index (χ1v) is 8.37. The van der Waals surface area contributed by atoms with Crippen molar-refractivity contribution in [3.05, 3.63) is 0 Å². The Balaban J connectivity index is 3.18. The first-order chi connectivity index (χ1) is 11.6. The van der Waals surface area contributed by atoms with E-state index in [-0.39, 0.29) is 11.7 Å². The molecule has 0 saturated carbocycles. The number of ether oxygens (including phenoxy) is 5. The van der Waals surface area contributed by atoms with E-state index >= 15 is 0 Å². The van der Waals surface area contributed by atoms with Crippen molar-refractivity contribution in [2.24, 2.45) is 0 Å². The van der Waals surface area contributed by atoms with Crippen LogP contribution in [0.3, 0.4) is 0 Å². The zero-order chi connectivity index (χ0) is 19.1. The lowest BCUT2D eigenvalue weighted by atomic mass is 10.0. The average Bonchev–Trinajstić information content (AvgIpc) is 2.48. The smallest absolute Gasteiger partial charge is 0.303 e. The summed E-state index contributed by atoms with van der Waals surface area (Å²) in [5.74, 6) is -1.77. The first-order valence-electron chi connectivity index (χ1n) is 7.49. The monoisotopic (exact) mass is 378 g/mol. The molecular formula is C15H22O9S. The molecule has 25 heavy (non-hydrogen) atoms. The van der Waals surface area contributed by atoms with Gasteiger partial charge in [0.2, 0.25) is 0 Å². The summed E-state index contributed by atoms with van der Waals surface area (Å²) in [6, 6.07) is 0. The van der Waals surface area contributed by atoms with Crippen molar-refractivity contribution in [3.63, 3.8) is 0 Å². The maximum atomic E-state index is 11.7. The third-order valence-electron chi connectivity index (χ3n) is 3.18. The van der Waals surface area contributed by atoms with E-state index in [2.05, 4.69) is 0 Å². The summed E-state index contributed by atoms with van der Waals surface area (Å²) >= 11 is 0.839. The fourth-order valence-electron chi connectivity index (χ4n) is 2.38. The van der Waals surface area contributed by atoms with Crippen LogP contribution in [0.2, 0.25) is 0 Å². The Morgan fingerprint density at radius 1 is 0.920 bits per heavy atom. The van der Waals surface area contributed by atoms with Gasteiger partial charge in [-0.05, 0) is 0 Å². The van der Waals surface area contributed by atoms with E-state index in [1.807, 2.05) is 0 Å². The Bertz CT molecular complexity index is 521. The molecule has 0 bridgehead atoms. The van der Waals surface area contributed by atoms with Crippen LogP contribution in [-0.4, -0.2) is 66.6 Å². The van der Waals surface area contributed by atoms with Crippen molar-refractivity contribution in [2.75, 3.05) is 13.7 Å². The van der Waals surface area contributed by atoms with Crippen molar-refractivity contribution in [1.29, 1.82) is 0 Å². The molecule has 10 heteroatoms. The summed E-state index contributed by atoms with van der Waals surface area (Å²) in [5.41, 5.74) is 0. The summed E-state index contributed by atoms with van der Waals surface area (Å²) in [7, 11) is 1.34. The van der Waals surface area contributed by atoms with Gasteiger partial charge in [0.15, 0.2) is 17.5 Å². The van der Waals surface area contributed by atoms with Gasteiger partial charge in [-0.15, -0.1) is 0 Å². The summed E-state index contributed by atoms with van der Waals surface area (Å²) < 4.78 is 26.3. The molecule has 0 aliphatic carbocycles. The van der Waals surface area contributed by atoms with Crippen molar-refractivity contribution in [2.45, 2.75) is 57.5 Å². The molecule has 0 aromatic rings. The standard InChI is InChI=1S/C15H22O9S/c1-7(16)21-6-11-12(22-8(2)17)14(25-10(4)19)13(23-9(3)18)15(20-5)24-11/h11-15H,6H2,1-5H3/t11-,12-,13-,14+,15-/m1/s1. The molecule has 5 atom stereocenters. The Morgan fingerprint density at radius 3 is 1.92 bits per heavy atom. The zero-order valence-electron chi connectivity index (χ0n) is 14.7. The summed E-state index contributed by atoms with van der Waals surface area (Å²) in [5, 5.41) is -1.06. The number of carbonyl (C=O) groups excluding carboxylic acids is 4. The van der Waals surface area contributed by atoms with E-state index in [0.29, 0.717) is 0 Å². The summed E-state index contributed by atoms with van der Waals surface area (Å²) in [4.78, 5) is 45.7. The highest BCUT2D eigenvalue weighted by molar-refractivity contribution is 8.14. The fourth-order valence-corrected chi connectivity index (χ4v) is 3.44. The van der Waals surface area contributed by atoms with Gasteiger partial charge < -0.3 is 23.7 Å². The van der Waals surface area contributed by atoms with Crippen LogP contribution in [0.25, 0.3) is 0 Å². The normalized spacial score (nSPS) is 28.8. The molecule has 0 radical (unpaired) electrons. The molecule has 0 unspecified atom stereocenters. The quantitative estimate of drug-likeness (QED) is 0.476. The second-order valence-corrected chi connectivity index (χ2v) is 6.66. The summed E-state index contributed by atoms with van der Waals surface area (Å²) in [6.07, 6.45) is -3.88. The van der Waals surface area contributed by atoms with Crippen LogP contribution in [0, 0.1) is 0 Å². The Kier molecular flexibility index (Phi) is 8.33. The minimum atomic E-state index is -1.02. The minimum Gasteiger partial charge on any atom is -0.463 e. The number of methoxy groups -OCH3 is 1. The van der Waals surface area contributed by atoms with Gasteiger partial charge in [0.1, 0.15) is 18.8 Å². The maximum Gasteiger partial charge on any atom is 0.303 e. The number of rotatable bonds is 6. The SMILES string of the molecule is CO[C@@H]1O[C@H](COC(C)=O)[C@@H](OC(C)=O)[C@H](SC(C)=O)[C@H]1OC(C)=O. The lowest BCUT2D eigenvalue weighted by Gasteiger charge is -2.43. The van der Waals surface area contributed by atoms with Crippen LogP contribution in [0.15, 0.2) is 0 Å². The molecule has 1 aliphatic heterocycles. The van der Waals surface area contributed by atoms with Crippen LogP contribution < -0.4 is 0 Å². The Morgan fingerprint density at radius 2 is 1.48 bits per heavy atom. The van der Waals surface area contributed by atoms with E-state index in [1.165, 1.54) is 34.8 Å². The maximum absolute atomic E-state index is 11.7. The van der Waals surface area contributed by atoms with Gasteiger partial charge in [0, 0.05) is 34.8 Å². The summed E-state index contributed by atoms with van der Waals surface area (Å²) in [6.45, 7) is 4.74. The number of hydrogen-bond donors (Lipinski definition) is 0. The molecule has 0 N–H and O–H groups in total. The highest BCUT2D eigenvalue weighted by atomic mass is 32.2. The third kappa shape index (κ3) is 6.63. The molecule has 1 rings (SSSR count). The van der Waals surface area contributed by atoms with Crippen LogP contribution in [0.5, 0.6) is 0 Å². The second-order valence-electron chi connectivity index (χ2n) is 5.30. The first kappa shape index (κ1) is 21.4. The number of carbonyl (C=O) groups is 4. The van der Waals surface area contributed by atoms with Crippen LogP contribution in [0.4, 0.5) is 0 Å². The predicted molar refractivity (Wildman–Crippen MR) is 85.5 cm³/mol. The van der Waals surface area contributed by atoms with E-state index in [4.69, 9.17) is 23.7 Å². The van der Waals surface area contributed by atoms with Crippen molar-refractivity contribution < 1.29 is 42.9 Å². The molecule has 9 nitrogen and oxygen atoms in total. The second kappa shape index (κ2) is 9.73. The van der Waals surface area contributed by atoms with Gasteiger partial charge in [0.25, 0.3) is 0 Å². The van der Waals surface area contributed by atoms with E-state index < -0.39 is 47.8 Å². The van der Waals surface area contributed by atoms with Gasteiger partial charge >= 0.3 is 17.9 Å². The van der Waals surface area contributed by atoms with Crippen molar-refractivity contribution in [3.8, 4) is 0 Å². The van der Waals surface area contributed by atoms with Crippen LogP contribution in [-0.2, 0) is 42.9 Å². The molecular weight excluding hydrogens is 356 g/mol. The lowest BCUT2D eigenvalue weighted by Crippen LogP contribution is -2.60. The number of hydrogen-bond acceptors (Lipinski definition) is 10. The highest BCUT2D eigenvalue weighted by Gasteiger charge is 2.51. The van der Waals surface area contributed by atoms with Crippen molar-refractivity contribution >= 4 is 34.8 Å². The number of thioether (sulfide) groups is 1. The molecule has 0 aromatic heterocycles. The lowest BCUT2D eigenvalue weighted by molar-refractivity contribution is -0.267. The molecule has 0 aromatic carbocycles. The molecule has 1 fully saturated rings. The zero-order valence-corrected chi connectivity index (χ0v) is 15.5. The van der Waals surface area contributed by atoms with E-state index in [0.717, 1.165) is 11.8 Å². The van der Waals surface area contributed by atoms with Gasteiger partial charge in [-0.1, -0.05) is 11.8 Å². The molecule has 1 aliphatic rings. The molecule has 0 amide bonds.